The first-order chi connectivity index (χ1) is 15.4. The number of rotatable bonds is 8. The Hall–Kier alpha value is -3.88. The fraction of sp³-hybridized carbons (Fsp3) is 0.261. The second-order valence-corrected chi connectivity index (χ2v) is 7.22. The molecule has 1 heterocycles. The standard InChI is InChI=1S/C23H23FN4O4/c1-14(29)26-20(11-15-7-9-16(24)10-8-15)22(30)28-21(23(31)32-2)12-17-13-25-18-5-3-4-6-19(18)27-17/h3-10,13,20-21H,11-12H2,1-2H3,(H,26,29)(H,28,30)/t20-,21+/m1/s1. The lowest BCUT2D eigenvalue weighted by atomic mass is 10.0. The molecule has 0 saturated carbocycles. The van der Waals surface area contributed by atoms with E-state index < -0.39 is 35.7 Å². The van der Waals surface area contributed by atoms with Crippen molar-refractivity contribution in [2.45, 2.75) is 31.8 Å². The Kier molecular flexibility index (Phi) is 7.43. The topological polar surface area (TPSA) is 110 Å². The number of methoxy groups -OCH3 is 1. The van der Waals surface area contributed by atoms with Crippen molar-refractivity contribution in [2.75, 3.05) is 7.11 Å². The number of fused-ring (bicyclic) bond motifs is 1. The third-order valence-corrected chi connectivity index (χ3v) is 4.76. The lowest BCUT2D eigenvalue weighted by Crippen LogP contribution is -2.53. The zero-order chi connectivity index (χ0) is 23.1. The summed E-state index contributed by atoms with van der Waals surface area (Å²) in [4.78, 5) is 45.7. The van der Waals surface area contributed by atoms with Crippen molar-refractivity contribution in [3.63, 3.8) is 0 Å². The summed E-state index contributed by atoms with van der Waals surface area (Å²) in [6.07, 6.45) is 1.71. The molecule has 0 spiro atoms. The van der Waals surface area contributed by atoms with Crippen LogP contribution in [0.25, 0.3) is 11.0 Å². The molecule has 0 bridgehead atoms. The molecule has 3 rings (SSSR count). The summed E-state index contributed by atoms with van der Waals surface area (Å²) in [5.41, 5.74) is 2.51. The molecule has 0 aliphatic heterocycles. The molecule has 0 aliphatic carbocycles. The number of carbonyl (C=O) groups is 3. The van der Waals surface area contributed by atoms with Gasteiger partial charge in [0.15, 0.2) is 0 Å². The van der Waals surface area contributed by atoms with Crippen LogP contribution in [0.3, 0.4) is 0 Å². The number of carbonyl (C=O) groups excluding carboxylic acids is 3. The number of benzene rings is 2. The van der Waals surface area contributed by atoms with Crippen LogP contribution in [0.5, 0.6) is 0 Å². The molecule has 2 aromatic carbocycles. The number of para-hydroxylation sites is 2. The minimum atomic E-state index is -1.03. The third-order valence-electron chi connectivity index (χ3n) is 4.76. The molecule has 0 saturated heterocycles. The van der Waals surface area contributed by atoms with Crippen LogP contribution in [0, 0.1) is 5.82 Å². The average molecular weight is 438 g/mol. The molecule has 2 amide bonds. The minimum absolute atomic E-state index is 0.0551. The van der Waals surface area contributed by atoms with Gasteiger partial charge in [0, 0.05) is 26.0 Å². The number of nitrogens with one attached hydrogen (secondary N) is 2. The highest BCUT2D eigenvalue weighted by atomic mass is 19.1. The lowest BCUT2D eigenvalue weighted by molar-refractivity contribution is -0.145. The first kappa shape index (κ1) is 22.8. The van der Waals surface area contributed by atoms with Crippen molar-refractivity contribution >= 4 is 28.8 Å². The summed E-state index contributed by atoms with van der Waals surface area (Å²) in [6, 6.07) is 10.9. The van der Waals surface area contributed by atoms with E-state index in [-0.39, 0.29) is 12.8 Å². The Bertz CT molecular complexity index is 1120. The van der Waals surface area contributed by atoms with Crippen LogP contribution in [-0.2, 0) is 32.0 Å². The number of aromatic nitrogens is 2. The summed E-state index contributed by atoms with van der Waals surface area (Å²) >= 11 is 0. The fourth-order valence-corrected chi connectivity index (χ4v) is 3.22. The molecular formula is C23H23FN4O4. The van der Waals surface area contributed by atoms with E-state index in [1.807, 2.05) is 18.2 Å². The molecule has 0 fully saturated rings. The maximum Gasteiger partial charge on any atom is 0.328 e. The van der Waals surface area contributed by atoms with Crippen LogP contribution in [0.2, 0.25) is 0 Å². The van der Waals surface area contributed by atoms with Crippen LogP contribution in [0.4, 0.5) is 4.39 Å². The van der Waals surface area contributed by atoms with E-state index in [0.717, 1.165) is 0 Å². The Labute approximate surface area is 184 Å². The first-order valence-corrected chi connectivity index (χ1v) is 9.96. The van der Waals surface area contributed by atoms with Crippen molar-refractivity contribution in [1.29, 1.82) is 0 Å². The van der Waals surface area contributed by atoms with Gasteiger partial charge in [0.05, 0.1) is 23.8 Å². The molecule has 1 aromatic heterocycles. The Morgan fingerprint density at radius 3 is 2.31 bits per heavy atom. The molecule has 32 heavy (non-hydrogen) atoms. The number of amides is 2. The number of halogens is 1. The van der Waals surface area contributed by atoms with Crippen LogP contribution in [0.1, 0.15) is 18.2 Å². The Morgan fingerprint density at radius 2 is 1.66 bits per heavy atom. The molecule has 0 aliphatic rings. The van der Waals surface area contributed by atoms with Crippen molar-refractivity contribution in [2.24, 2.45) is 0 Å². The number of ether oxygens (including phenoxy) is 1. The molecule has 2 N–H and O–H groups in total. The van der Waals surface area contributed by atoms with Crippen molar-refractivity contribution in [3.05, 3.63) is 71.8 Å². The van der Waals surface area contributed by atoms with Crippen LogP contribution in [0.15, 0.2) is 54.7 Å². The van der Waals surface area contributed by atoms with E-state index in [4.69, 9.17) is 4.74 Å². The Morgan fingerprint density at radius 1 is 0.969 bits per heavy atom. The SMILES string of the molecule is COC(=O)[C@H](Cc1cnc2ccccc2n1)NC(=O)[C@@H](Cc1ccc(F)cc1)NC(C)=O. The van der Waals surface area contributed by atoms with Crippen molar-refractivity contribution in [1.82, 2.24) is 20.6 Å². The summed E-state index contributed by atoms with van der Waals surface area (Å²) < 4.78 is 18.0. The molecule has 166 valence electrons. The average Bonchev–Trinajstić information content (AvgIpc) is 2.78. The second-order valence-electron chi connectivity index (χ2n) is 7.22. The summed E-state index contributed by atoms with van der Waals surface area (Å²) in [7, 11) is 1.22. The van der Waals surface area contributed by atoms with Gasteiger partial charge in [0.2, 0.25) is 11.8 Å². The maximum atomic E-state index is 13.2. The van der Waals surface area contributed by atoms with Crippen LogP contribution < -0.4 is 10.6 Å². The van der Waals surface area contributed by atoms with Crippen molar-refractivity contribution in [3.8, 4) is 0 Å². The summed E-state index contributed by atoms with van der Waals surface area (Å²) in [5.74, 6) is -2.05. The smallest absolute Gasteiger partial charge is 0.328 e. The summed E-state index contributed by atoms with van der Waals surface area (Å²) in [5, 5.41) is 5.20. The highest BCUT2D eigenvalue weighted by Crippen LogP contribution is 2.11. The van der Waals surface area contributed by atoms with E-state index in [0.29, 0.717) is 22.3 Å². The quantitative estimate of drug-likeness (QED) is 0.518. The van der Waals surface area contributed by atoms with Gasteiger partial charge in [-0.05, 0) is 29.8 Å². The van der Waals surface area contributed by atoms with Gasteiger partial charge in [0.25, 0.3) is 0 Å². The molecule has 0 unspecified atom stereocenters. The van der Waals surface area contributed by atoms with Gasteiger partial charge in [0.1, 0.15) is 17.9 Å². The lowest BCUT2D eigenvalue weighted by Gasteiger charge is -2.22. The molecule has 3 aromatic rings. The number of nitrogens with zero attached hydrogens (tertiary/aromatic N) is 2. The van der Waals surface area contributed by atoms with Gasteiger partial charge >= 0.3 is 5.97 Å². The number of hydrogen-bond acceptors (Lipinski definition) is 6. The number of hydrogen-bond donors (Lipinski definition) is 2. The monoisotopic (exact) mass is 438 g/mol. The van der Waals surface area contributed by atoms with Gasteiger partial charge in [-0.1, -0.05) is 24.3 Å². The normalized spacial score (nSPS) is 12.6. The predicted molar refractivity (Wildman–Crippen MR) is 115 cm³/mol. The van der Waals surface area contributed by atoms with E-state index in [9.17, 15) is 18.8 Å². The Balaban J connectivity index is 1.77. The van der Waals surface area contributed by atoms with Gasteiger partial charge < -0.3 is 15.4 Å². The number of esters is 1. The van der Waals surface area contributed by atoms with Crippen LogP contribution >= 0.6 is 0 Å². The molecule has 8 nitrogen and oxygen atoms in total. The van der Waals surface area contributed by atoms with Crippen LogP contribution in [-0.4, -0.2) is 46.9 Å². The zero-order valence-corrected chi connectivity index (χ0v) is 17.7. The van der Waals surface area contributed by atoms with E-state index in [2.05, 4.69) is 20.6 Å². The molecular weight excluding hydrogens is 415 g/mol. The fourth-order valence-electron chi connectivity index (χ4n) is 3.22. The van der Waals surface area contributed by atoms with Gasteiger partial charge in [-0.3, -0.25) is 14.6 Å². The largest absolute Gasteiger partial charge is 0.467 e. The highest BCUT2D eigenvalue weighted by Gasteiger charge is 2.28. The minimum Gasteiger partial charge on any atom is -0.467 e. The molecule has 9 heteroatoms. The zero-order valence-electron chi connectivity index (χ0n) is 17.7. The van der Waals surface area contributed by atoms with Crippen molar-refractivity contribution < 1.29 is 23.5 Å². The highest BCUT2D eigenvalue weighted by molar-refractivity contribution is 5.90. The summed E-state index contributed by atoms with van der Waals surface area (Å²) in [6.45, 7) is 1.29. The molecule has 2 atom stereocenters. The van der Waals surface area contributed by atoms with Gasteiger partial charge in [-0.15, -0.1) is 0 Å². The van der Waals surface area contributed by atoms with Gasteiger partial charge in [-0.25, -0.2) is 14.2 Å². The van der Waals surface area contributed by atoms with E-state index in [1.165, 1.54) is 44.5 Å². The third kappa shape index (κ3) is 6.07. The van der Waals surface area contributed by atoms with E-state index in [1.54, 1.807) is 6.07 Å². The second kappa shape index (κ2) is 10.4. The first-order valence-electron chi connectivity index (χ1n) is 9.96. The van der Waals surface area contributed by atoms with Gasteiger partial charge in [-0.2, -0.15) is 0 Å². The molecule has 0 radical (unpaired) electrons. The van der Waals surface area contributed by atoms with E-state index >= 15 is 0 Å². The maximum absolute atomic E-state index is 13.2. The predicted octanol–water partition coefficient (Wildman–Crippen LogP) is 1.72.